The average molecular weight is 199 g/mol. The van der Waals surface area contributed by atoms with E-state index in [1.807, 2.05) is 6.20 Å². The quantitative estimate of drug-likeness (QED) is 0.475. The van der Waals surface area contributed by atoms with Crippen LogP contribution in [0, 0.1) is 0 Å². The van der Waals surface area contributed by atoms with Crippen LogP contribution in [0.15, 0.2) is 6.20 Å². The second-order valence-corrected chi connectivity index (χ2v) is 3.02. The van der Waals surface area contributed by atoms with Gasteiger partial charge in [-0.05, 0) is 6.42 Å². The smallest absolute Gasteiger partial charge is 0.0964 e. The fourth-order valence-electron chi connectivity index (χ4n) is 1.08. The lowest BCUT2D eigenvalue weighted by Gasteiger charge is -1.97. The molecule has 6 heteroatoms. The van der Waals surface area contributed by atoms with E-state index in [0.29, 0.717) is 26.1 Å². The molecule has 0 atom stereocenters. The highest BCUT2D eigenvalue weighted by molar-refractivity contribution is 4.91. The summed E-state index contributed by atoms with van der Waals surface area (Å²) in [7, 11) is 0. The van der Waals surface area contributed by atoms with Gasteiger partial charge in [-0.2, -0.15) is 0 Å². The van der Waals surface area contributed by atoms with Crippen LogP contribution in [0.25, 0.3) is 0 Å². The molecule has 0 aliphatic rings. The zero-order valence-electron chi connectivity index (χ0n) is 8.19. The average Bonchev–Trinajstić information content (AvgIpc) is 2.63. The third kappa shape index (κ3) is 3.82. The monoisotopic (exact) mass is 199 g/mol. The van der Waals surface area contributed by atoms with Crippen LogP contribution >= 0.6 is 0 Å². The van der Waals surface area contributed by atoms with Crippen molar-refractivity contribution in [2.45, 2.75) is 19.5 Å². The first kappa shape index (κ1) is 11.1. The number of nitrogens with one attached hydrogen (secondary N) is 1. The Kier molecular flexibility index (Phi) is 5.13. The van der Waals surface area contributed by atoms with Gasteiger partial charge in [-0.15, -0.1) is 5.10 Å². The van der Waals surface area contributed by atoms with Crippen LogP contribution in [-0.2, 0) is 13.1 Å². The van der Waals surface area contributed by atoms with Crippen molar-refractivity contribution < 1.29 is 5.11 Å². The summed E-state index contributed by atoms with van der Waals surface area (Å²) < 4.78 is 1.73. The first-order valence-electron chi connectivity index (χ1n) is 4.77. The van der Waals surface area contributed by atoms with Crippen LogP contribution in [0.4, 0.5) is 0 Å². The van der Waals surface area contributed by atoms with Crippen molar-refractivity contribution >= 4 is 0 Å². The number of nitrogens with zero attached hydrogens (tertiary/aromatic N) is 3. The van der Waals surface area contributed by atoms with Crippen molar-refractivity contribution in [1.82, 2.24) is 20.3 Å². The molecule has 6 nitrogen and oxygen atoms in total. The van der Waals surface area contributed by atoms with E-state index in [1.54, 1.807) is 4.68 Å². The predicted octanol–water partition coefficient (Wildman–Crippen LogP) is -1.29. The Morgan fingerprint density at radius 3 is 3.14 bits per heavy atom. The maximum atomic E-state index is 8.62. The molecular formula is C8H17N5O. The highest BCUT2D eigenvalue weighted by Crippen LogP contribution is 1.93. The van der Waals surface area contributed by atoms with Crippen molar-refractivity contribution in [2.75, 3.05) is 19.7 Å². The van der Waals surface area contributed by atoms with Crippen LogP contribution in [0.5, 0.6) is 0 Å². The van der Waals surface area contributed by atoms with Gasteiger partial charge < -0.3 is 16.2 Å². The third-order valence-corrected chi connectivity index (χ3v) is 1.76. The van der Waals surface area contributed by atoms with Gasteiger partial charge in [0.05, 0.1) is 5.69 Å². The zero-order chi connectivity index (χ0) is 10.2. The number of nitrogens with two attached hydrogens (primary N) is 1. The molecule has 0 radical (unpaired) electrons. The van der Waals surface area contributed by atoms with Gasteiger partial charge in [0.1, 0.15) is 0 Å². The van der Waals surface area contributed by atoms with Gasteiger partial charge in [0.15, 0.2) is 0 Å². The normalized spacial score (nSPS) is 10.7. The number of aryl methyl sites for hydroxylation is 1. The van der Waals surface area contributed by atoms with Crippen molar-refractivity contribution in [2.24, 2.45) is 5.73 Å². The number of rotatable bonds is 7. The first-order valence-corrected chi connectivity index (χ1v) is 4.77. The fourth-order valence-corrected chi connectivity index (χ4v) is 1.08. The Labute approximate surface area is 83.1 Å². The van der Waals surface area contributed by atoms with Gasteiger partial charge in [0.25, 0.3) is 0 Å². The number of aliphatic hydroxyl groups is 1. The van der Waals surface area contributed by atoms with E-state index in [4.69, 9.17) is 10.8 Å². The second-order valence-electron chi connectivity index (χ2n) is 3.02. The summed E-state index contributed by atoms with van der Waals surface area (Å²) in [5, 5.41) is 19.6. The number of hydrogen-bond acceptors (Lipinski definition) is 5. The van der Waals surface area contributed by atoms with E-state index >= 15 is 0 Å². The summed E-state index contributed by atoms with van der Waals surface area (Å²) >= 11 is 0. The molecule has 14 heavy (non-hydrogen) atoms. The summed E-state index contributed by atoms with van der Waals surface area (Å²) in [6.07, 6.45) is 2.58. The highest BCUT2D eigenvalue weighted by Gasteiger charge is 1.98. The lowest BCUT2D eigenvalue weighted by atomic mass is 10.4. The van der Waals surface area contributed by atoms with Crippen LogP contribution in [0.2, 0.25) is 0 Å². The number of aromatic nitrogens is 3. The molecule has 4 N–H and O–H groups in total. The summed E-state index contributed by atoms with van der Waals surface area (Å²) in [5.74, 6) is 0. The first-order chi connectivity index (χ1) is 6.86. The Bertz CT molecular complexity index is 250. The summed E-state index contributed by atoms with van der Waals surface area (Å²) in [6.45, 7) is 2.99. The molecule has 0 aliphatic carbocycles. The molecule has 1 heterocycles. The van der Waals surface area contributed by atoms with Crippen LogP contribution in [0.3, 0.4) is 0 Å². The Balaban J connectivity index is 2.27. The van der Waals surface area contributed by atoms with Gasteiger partial charge in [0, 0.05) is 39.0 Å². The SMILES string of the molecule is NCCNCc1cn(CCCO)nn1. The molecule has 1 rings (SSSR count). The van der Waals surface area contributed by atoms with Crippen LogP contribution < -0.4 is 11.1 Å². The molecule has 80 valence electrons. The second kappa shape index (κ2) is 6.47. The maximum Gasteiger partial charge on any atom is 0.0964 e. The molecule has 1 aromatic heterocycles. The molecule has 0 spiro atoms. The molecule has 0 saturated carbocycles. The molecule has 0 fully saturated rings. The number of aliphatic hydroxyl groups excluding tert-OH is 1. The largest absolute Gasteiger partial charge is 0.396 e. The van der Waals surface area contributed by atoms with E-state index in [0.717, 1.165) is 12.2 Å². The summed E-state index contributed by atoms with van der Waals surface area (Å²) in [6, 6.07) is 0. The molecule has 0 saturated heterocycles. The molecule has 1 aromatic rings. The molecular weight excluding hydrogens is 182 g/mol. The number of hydrogen-bond donors (Lipinski definition) is 3. The van der Waals surface area contributed by atoms with E-state index in [2.05, 4.69) is 15.6 Å². The van der Waals surface area contributed by atoms with Gasteiger partial charge in [-0.25, -0.2) is 0 Å². The van der Waals surface area contributed by atoms with Crippen LogP contribution in [-0.4, -0.2) is 39.8 Å². The standard InChI is InChI=1S/C8H17N5O/c9-2-3-10-6-8-7-13(12-11-8)4-1-5-14/h7,10,14H,1-6,9H2. The van der Waals surface area contributed by atoms with Crippen molar-refractivity contribution in [3.8, 4) is 0 Å². The zero-order valence-corrected chi connectivity index (χ0v) is 8.19. The van der Waals surface area contributed by atoms with E-state index in [-0.39, 0.29) is 6.61 Å². The summed E-state index contributed by atoms with van der Waals surface area (Å²) in [5.41, 5.74) is 6.23. The van der Waals surface area contributed by atoms with E-state index < -0.39 is 0 Å². The maximum absolute atomic E-state index is 8.62. The van der Waals surface area contributed by atoms with Gasteiger partial charge in [0.2, 0.25) is 0 Å². The lowest BCUT2D eigenvalue weighted by molar-refractivity contribution is 0.276. The molecule has 0 aromatic carbocycles. The van der Waals surface area contributed by atoms with Gasteiger partial charge >= 0.3 is 0 Å². The molecule has 0 bridgehead atoms. The predicted molar refractivity (Wildman–Crippen MR) is 52.5 cm³/mol. The Hall–Kier alpha value is -0.980. The van der Waals surface area contributed by atoms with E-state index in [9.17, 15) is 0 Å². The van der Waals surface area contributed by atoms with Gasteiger partial charge in [-0.3, -0.25) is 4.68 Å². The molecule has 0 aliphatic heterocycles. The summed E-state index contributed by atoms with van der Waals surface area (Å²) in [4.78, 5) is 0. The highest BCUT2D eigenvalue weighted by atomic mass is 16.3. The van der Waals surface area contributed by atoms with Crippen molar-refractivity contribution in [3.05, 3.63) is 11.9 Å². The third-order valence-electron chi connectivity index (χ3n) is 1.76. The minimum absolute atomic E-state index is 0.181. The van der Waals surface area contributed by atoms with Crippen molar-refractivity contribution in [3.63, 3.8) is 0 Å². The topological polar surface area (TPSA) is 89.0 Å². The van der Waals surface area contributed by atoms with Crippen LogP contribution in [0.1, 0.15) is 12.1 Å². The molecule has 0 amide bonds. The molecule has 0 unspecified atom stereocenters. The Morgan fingerprint density at radius 1 is 1.57 bits per heavy atom. The fraction of sp³-hybridized carbons (Fsp3) is 0.750. The van der Waals surface area contributed by atoms with Crippen molar-refractivity contribution in [1.29, 1.82) is 0 Å². The Morgan fingerprint density at radius 2 is 2.43 bits per heavy atom. The lowest BCUT2D eigenvalue weighted by Crippen LogP contribution is -2.22. The van der Waals surface area contributed by atoms with E-state index in [1.165, 1.54) is 0 Å². The minimum atomic E-state index is 0.181. The van der Waals surface area contributed by atoms with Gasteiger partial charge in [-0.1, -0.05) is 5.21 Å². The minimum Gasteiger partial charge on any atom is -0.396 e.